The van der Waals surface area contributed by atoms with Crippen molar-refractivity contribution in [3.05, 3.63) is 16.0 Å². The molecule has 0 spiro atoms. The van der Waals surface area contributed by atoms with Gasteiger partial charge >= 0.3 is 0 Å². The number of Topliss-reactive ketones (excluding diaryl/α,β-unsaturated/α-hetero) is 1. The number of rotatable bonds is 3. The topological polar surface area (TPSA) is 70.0 Å². The van der Waals surface area contributed by atoms with Gasteiger partial charge in [0.1, 0.15) is 11.1 Å². The van der Waals surface area contributed by atoms with Crippen LogP contribution in [0.4, 0.5) is 5.00 Å². The van der Waals surface area contributed by atoms with E-state index in [1.807, 2.05) is 6.07 Å². The molecule has 1 aliphatic rings. The summed E-state index contributed by atoms with van der Waals surface area (Å²) in [6.45, 7) is 3.20. The average molecular weight is 248 g/mol. The molecule has 4 nitrogen and oxygen atoms in total. The number of thiophene rings is 1. The van der Waals surface area contributed by atoms with Gasteiger partial charge < -0.3 is 5.32 Å². The molecular weight excluding hydrogens is 236 g/mol. The number of anilines is 1. The average Bonchev–Trinajstić information content (AvgIpc) is 3.05. The normalized spacial score (nSPS) is 14.2. The van der Waals surface area contributed by atoms with Crippen LogP contribution in [0.25, 0.3) is 0 Å². The lowest BCUT2D eigenvalue weighted by atomic mass is 10.1. The minimum Gasteiger partial charge on any atom is -0.316 e. The highest BCUT2D eigenvalue weighted by Gasteiger charge is 2.31. The van der Waals surface area contributed by atoms with Crippen LogP contribution >= 0.6 is 11.3 Å². The Morgan fingerprint density at radius 3 is 2.59 bits per heavy atom. The van der Waals surface area contributed by atoms with Crippen LogP contribution in [-0.2, 0) is 4.79 Å². The first kappa shape index (κ1) is 11.8. The molecule has 0 aliphatic heterocycles. The van der Waals surface area contributed by atoms with Crippen molar-refractivity contribution in [2.45, 2.75) is 26.7 Å². The van der Waals surface area contributed by atoms with Crippen molar-refractivity contribution in [3.63, 3.8) is 0 Å². The molecule has 1 amide bonds. The van der Waals surface area contributed by atoms with Crippen LogP contribution in [0.3, 0.4) is 0 Å². The molecule has 2 rings (SSSR count). The van der Waals surface area contributed by atoms with Gasteiger partial charge in [-0.1, -0.05) is 0 Å². The SMILES string of the molecule is CC(=O)c1sc(NC(=O)C2CC2)c(C#N)c1C. The standard InChI is InChI=1S/C12H12N2O2S/c1-6-9(5-13)12(17-10(6)7(2)15)14-11(16)8-3-4-8/h8H,3-4H2,1-2H3,(H,14,16). The van der Waals surface area contributed by atoms with Gasteiger partial charge in [-0.05, 0) is 32.3 Å². The Balaban J connectivity index is 2.32. The maximum Gasteiger partial charge on any atom is 0.228 e. The summed E-state index contributed by atoms with van der Waals surface area (Å²) < 4.78 is 0. The Hall–Kier alpha value is -1.67. The van der Waals surface area contributed by atoms with Gasteiger partial charge in [-0.2, -0.15) is 5.26 Å². The van der Waals surface area contributed by atoms with Crippen LogP contribution in [-0.4, -0.2) is 11.7 Å². The van der Waals surface area contributed by atoms with Crippen molar-refractivity contribution in [2.24, 2.45) is 5.92 Å². The van der Waals surface area contributed by atoms with Crippen molar-refractivity contribution in [3.8, 4) is 6.07 Å². The fourth-order valence-corrected chi connectivity index (χ4v) is 2.69. The molecule has 1 N–H and O–H groups in total. The molecule has 1 aliphatic carbocycles. The molecule has 0 bridgehead atoms. The molecule has 1 aromatic heterocycles. The number of ketones is 1. The third-order valence-electron chi connectivity index (χ3n) is 2.76. The van der Waals surface area contributed by atoms with Crippen molar-refractivity contribution < 1.29 is 9.59 Å². The predicted octanol–water partition coefficient (Wildman–Crippen LogP) is 2.48. The summed E-state index contributed by atoms with van der Waals surface area (Å²) in [4.78, 5) is 23.6. The van der Waals surface area contributed by atoms with E-state index in [1.54, 1.807) is 6.92 Å². The number of hydrogen-bond acceptors (Lipinski definition) is 4. The zero-order valence-electron chi connectivity index (χ0n) is 9.66. The van der Waals surface area contributed by atoms with E-state index in [9.17, 15) is 9.59 Å². The summed E-state index contributed by atoms with van der Waals surface area (Å²) in [5.41, 5.74) is 1.07. The van der Waals surface area contributed by atoms with Crippen LogP contribution in [0.15, 0.2) is 0 Å². The second-order valence-electron chi connectivity index (χ2n) is 4.19. The molecule has 1 saturated carbocycles. The molecule has 0 saturated heterocycles. The lowest BCUT2D eigenvalue weighted by molar-refractivity contribution is -0.117. The molecular formula is C12H12N2O2S. The first-order valence-electron chi connectivity index (χ1n) is 5.40. The minimum absolute atomic E-state index is 0.0437. The summed E-state index contributed by atoms with van der Waals surface area (Å²) in [6.07, 6.45) is 1.83. The number of carbonyl (C=O) groups excluding carboxylic acids is 2. The van der Waals surface area contributed by atoms with Gasteiger partial charge in [0.15, 0.2) is 5.78 Å². The number of nitrogens with one attached hydrogen (secondary N) is 1. The van der Waals surface area contributed by atoms with Gasteiger partial charge in [0.25, 0.3) is 0 Å². The smallest absolute Gasteiger partial charge is 0.228 e. The fourth-order valence-electron chi connectivity index (χ4n) is 1.63. The summed E-state index contributed by atoms with van der Waals surface area (Å²) in [5, 5.41) is 12.3. The summed E-state index contributed by atoms with van der Waals surface area (Å²) in [7, 11) is 0. The first-order valence-corrected chi connectivity index (χ1v) is 6.21. The van der Waals surface area contributed by atoms with Gasteiger partial charge in [-0.3, -0.25) is 9.59 Å². The Morgan fingerprint density at radius 1 is 1.47 bits per heavy atom. The summed E-state index contributed by atoms with van der Waals surface area (Å²) >= 11 is 1.19. The van der Waals surface area contributed by atoms with Crippen molar-refractivity contribution in [2.75, 3.05) is 5.32 Å². The number of nitriles is 1. The van der Waals surface area contributed by atoms with E-state index in [2.05, 4.69) is 5.32 Å². The highest BCUT2D eigenvalue weighted by atomic mass is 32.1. The van der Waals surface area contributed by atoms with E-state index in [1.165, 1.54) is 18.3 Å². The highest BCUT2D eigenvalue weighted by Crippen LogP contribution is 2.35. The fraction of sp³-hybridized carbons (Fsp3) is 0.417. The van der Waals surface area contributed by atoms with Gasteiger partial charge in [0.05, 0.1) is 10.4 Å². The van der Waals surface area contributed by atoms with E-state index >= 15 is 0 Å². The van der Waals surface area contributed by atoms with E-state index in [0.29, 0.717) is 21.0 Å². The number of hydrogen-bond donors (Lipinski definition) is 1. The Morgan fingerprint density at radius 2 is 2.12 bits per heavy atom. The van der Waals surface area contributed by atoms with Gasteiger partial charge in [-0.15, -0.1) is 11.3 Å². The Bertz CT molecular complexity index is 535. The molecule has 17 heavy (non-hydrogen) atoms. The zero-order valence-corrected chi connectivity index (χ0v) is 10.5. The molecule has 0 aromatic carbocycles. The maximum atomic E-state index is 11.6. The van der Waals surface area contributed by atoms with E-state index in [0.717, 1.165) is 12.8 Å². The summed E-state index contributed by atoms with van der Waals surface area (Å²) in [5.74, 6) is -0.0292. The van der Waals surface area contributed by atoms with Crippen molar-refractivity contribution >= 4 is 28.0 Å². The van der Waals surface area contributed by atoms with Crippen LogP contribution in [0.2, 0.25) is 0 Å². The molecule has 1 aromatic rings. The van der Waals surface area contributed by atoms with Gasteiger partial charge in [0, 0.05) is 5.92 Å². The summed E-state index contributed by atoms with van der Waals surface area (Å²) in [6, 6.07) is 2.05. The number of amides is 1. The minimum atomic E-state index is -0.0732. The lowest BCUT2D eigenvalue weighted by Crippen LogP contribution is -2.12. The number of nitrogens with zero attached hydrogens (tertiary/aromatic N) is 1. The van der Waals surface area contributed by atoms with Crippen molar-refractivity contribution in [1.82, 2.24) is 0 Å². The van der Waals surface area contributed by atoms with Gasteiger partial charge in [-0.25, -0.2) is 0 Å². The van der Waals surface area contributed by atoms with Crippen LogP contribution in [0, 0.1) is 24.2 Å². The van der Waals surface area contributed by atoms with Crippen LogP contribution < -0.4 is 5.32 Å². The molecule has 1 fully saturated rings. The third-order valence-corrected chi connectivity index (χ3v) is 4.07. The van der Waals surface area contributed by atoms with Crippen LogP contribution in [0.1, 0.15) is 40.6 Å². The molecule has 88 valence electrons. The van der Waals surface area contributed by atoms with Gasteiger partial charge in [0.2, 0.25) is 5.91 Å². The zero-order chi connectivity index (χ0) is 12.6. The highest BCUT2D eigenvalue weighted by molar-refractivity contribution is 7.18. The Labute approximate surface area is 103 Å². The quantitative estimate of drug-likeness (QED) is 0.835. The maximum absolute atomic E-state index is 11.6. The predicted molar refractivity (Wildman–Crippen MR) is 65.1 cm³/mol. The second-order valence-corrected chi connectivity index (χ2v) is 5.21. The van der Waals surface area contributed by atoms with E-state index in [-0.39, 0.29) is 17.6 Å². The number of carbonyl (C=O) groups is 2. The molecule has 1 heterocycles. The largest absolute Gasteiger partial charge is 0.316 e. The third kappa shape index (κ3) is 2.22. The monoisotopic (exact) mass is 248 g/mol. The lowest BCUT2D eigenvalue weighted by Gasteiger charge is -2.00. The van der Waals surface area contributed by atoms with Crippen molar-refractivity contribution in [1.29, 1.82) is 5.26 Å². The molecule has 0 atom stereocenters. The first-order chi connectivity index (χ1) is 8.04. The van der Waals surface area contributed by atoms with E-state index in [4.69, 9.17) is 5.26 Å². The molecule has 5 heteroatoms. The second kappa shape index (κ2) is 4.30. The van der Waals surface area contributed by atoms with E-state index < -0.39 is 0 Å². The van der Waals surface area contributed by atoms with Crippen LogP contribution in [0.5, 0.6) is 0 Å². The molecule has 0 unspecified atom stereocenters. The molecule has 0 radical (unpaired) electrons. The Kier molecular flexibility index (Phi) is 2.99.